The molecule has 0 radical (unpaired) electrons. The zero-order chi connectivity index (χ0) is 38.6. The molecule has 0 amide bonds. The molecule has 0 saturated carbocycles. The minimum atomic E-state index is 0.617. The number of rotatable bonds is 4. The highest BCUT2D eigenvalue weighted by molar-refractivity contribution is 6.22. The van der Waals surface area contributed by atoms with Crippen molar-refractivity contribution in [2.75, 3.05) is 0 Å². The summed E-state index contributed by atoms with van der Waals surface area (Å²) < 4.78 is 11.2. The van der Waals surface area contributed by atoms with Crippen LogP contribution in [0.1, 0.15) is 0 Å². The molecule has 0 aliphatic rings. The molecule has 4 aromatic heterocycles. The lowest BCUT2D eigenvalue weighted by molar-refractivity contribution is 0.670. The van der Waals surface area contributed by atoms with Crippen LogP contribution in [-0.2, 0) is 0 Å². The molecule has 13 rings (SSSR count). The van der Waals surface area contributed by atoms with Gasteiger partial charge in [-0.1, -0.05) is 133 Å². The quantitative estimate of drug-likeness (QED) is 0.180. The Hall–Kier alpha value is -8.02. The van der Waals surface area contributed by atoms with Crippen LogP contribution in [0.3, 0.4) is 0 Å². The van der Waals surface area contributed by atoms with E-state index in [0.717, 1.165) is 77.2 Å². The minimum absolute atomic E-state index is 0.617. The van der Waals surface area contributed by atoms with Gasteiger partial charge in [-0.15, -0.1) is 0 Å². The van der Waals surface area contributed by atoms with Crippen molar-refractivity contribution in [3.63, 3.8) is 0 Å². The predicted molar refractivity (Wildman–Crippen MR) is 244 cm³/mol. The van der Waals surface area contributed by atoms with E-state index >= 15 is 0 Å². The second-order valence-electron chi connectivity index (χ2n) is 15.3. The molecule has 0 unspecified atom stereocenters. The van der Waals surface area contributed by atoms with Crippen LogP contribution in [0.25, 0.3) is 121 Å². The first-order chi connectivity index (χ1) is 29.3. The van der Waals surface area contributed by atoms with E-state index in [1.54, 1.807) is 0 Å². The van der Waals surface area contributed by atoms with E-state index in [0.29, 0.717) is 5.95 Å². The van der Waals surface area contributed by atoms with Gasteiger partial charge in [0.1, 0.15) is 11.2 Å². The highest BCUT2D eigenvalue weighted by Gasteiger charge is 2.22. The molecule has 4 heterocycles. The number of benzene rings is 9. The van der Waals surface area contributed by atoms with E-state index in [-0.39, 0.29) is 0 Å². The van der Waals surface area contributed by atoms with Crippen molar-refractivity contribution in [2.45, 2.75) is 0 Å². The van der Waals surface area contributed by atoms with Crippen molar-refractivity contribution in [1.82, 2.24) is 19.1 Å². The number of furan rings is 1. The standard InChI is InChI=1S/C54H32N4O/c1-2-15-34(16-3-1)57-47-26-11-8-19-37(47)45-32-43(35-17-4-5-21-39(35)52(45)57)33-29-30-49-44(31-33)36-18-7-12-27-48(36)58(49)54-55-46-25-10-6-22-41(46)51(56-54)42-24-14-23-40-38-20-9-13-28-50(38)59-53(40)42/h1-32H. The molecular weight excluding hydrogens is 721 g/mol. The van der Waals surface area contributed by atoms with Gasteiger partial charge in [0, 0.05) is 54.3 Å². The lowest BCUT2D eigenvalue weighted by Crippen LogP contribution is -2.03. The molecule has 5 heteroatoms. The molecule has 9 aromatic carbocycles. The minimum Gasteiger partial charge on any atom is -0.455 e. The van der Waals surface area contributed by atoms with Gasteiger partial charge in [0.15, 0.2) is 0 Å². The number of hydrogen-bond acceptors (Lipinski definition) is 3. The molecule has 0 N–H and O–H groups in total. The van der Waals surface area contributed by atoms with Crippen LogP contribution in [0.5, 0.6) is 0 Å². The first-order valence-corrected chi connectivity index (χ1v) is 20.0. The number of aromatic nitrogens is 4. The predicted octanol–water partition coefficient (Wildman–Crippen LogP) is 14.2. The van der Waals surface area contributed by atoms with Gasteiger partial charge in [0.05, 0.1) is 33.3 Å². The summed E-state index contributed by atoms with van der Waals surface area (Å²) in [5.74, 6) is 0.617. The van der Waals surface area contributed by atoms with Gasteiger partial charge in [0.25, 0.3) is 0 Å². The number of hydrogen-bond donors (Lipinski definition) is 0. The molecular formula is C54H32N4O. The van der Waals surface area contributed by atoms with Crippen molar-refractivity contribution in [3.05, 3.63) is 194 Å². The number of nitrogens with zero attached hydrogens (tertiary/aromatic N) is 4. The summed E-state index contributed by atoms with van der Waals surface area (Å²) in [4.78, 5) is 10.7. The van der Waals surface area contributed by atoms with Gasteiger partial charge >= 0.3 is 0 Å². The summed E-state index contributed by atoms with van der Waals surface area (Å²) in [5, 5.41) is 10.3. The van der Waals surface area contributed by atoms with Gasteiger partial charge < -0.3 is 8.98 Å². The largest absolute Gasteiger partial charge is 0.455 e. The van der Waals surface area contributed by atoms with E-state index in [1.165, 1.54) is 38.1 Å². The number of para-hydroxylation sites is 6. The number of fused-ring (bicyclic) bond motifs is 12. The third-order valence-corrected chi connectivity index (χ3v) is 12.1. The molecule has 274 valence electrons. The van der Waals surface area contributed by atoms with Crippen LogP contribution >= 0.6 is 0 Å². The first kappa shape index (κ1) is 32.1. The van der Waals surface area contributed by atoms with Crippen LogP contribution < -0.4 is 0 Å². The lowest BCUT2D eigenvalue weighted by atomic mass is 9.94. The Morgan fingerprint density at radius 2 is 1.00 bits per heavy atom. The molecule has 0 atom stereocenters. The SMILES string of the molecule is c1ccc(-n2c3ccccc3c3cc(-c4ccc5c(c4)c4ccccc4n5-c4nc(-c5cccc6c5oc5ccccc56)c5ccccc5n4)c4ccccc4c32)cc1. The fraction of sp³-hybridized carbons (Fsp3) is 0. The Kier molecular flexibility index (Phi) is 6.66. The molecule has 0 bridgehead atoms. The fourth-order valence-corrected chi connectivity index (χ4v) is 9.57. The monoisotopic (exact) mass is 752 g/mol. The average molecular weight is 753 g/mol. The van der Waals surface area contributed by atoms with Gasteiger partial charge in [-0.25, -0.2) is 9.97 Å². The summed E-state index contributed by atoms with van der Waals surface area (Å²) in [6.45, 7) is 0. The zero-order valence-corrected chi connectivity index (χ0v) is 31.7. The third-order valence-electron chi connectivity index (χ3n) is 12.1. The molecule has 59 heavy (non-hydrogen) atoms. The molecule has 0 aliphatic carbocycles. The second-order valence-corrected chi connectivity index (χ2v) is 15.3. The van der Waals surface area contributed by atoms with Crippen LogP contribution in [0.15, 0.2) is 199 Å². The molecule has 0 aliphatic heterocycles. The lowest BCUT2D eigenvalue weighted by Gasteiger charge is -2.13. The second kappa shape index (κ2) is 12.2. The molecule has 0 saturated heterocycles. The maximum atomic E-state index is 6.55. The van der Waals surface area contributed by atoms with Crippen LogP contribution in [0.2, 0.25) is 0 Å². The van der Waals surface area contributed by atoms with E-state index in [4.69, 9.17) is 14.4 Å². The Morgan fingerprint density at radius 1 is 0.373 bits per heavy atom. The smallest absolute Gasteiger partial charge is 0.235 e. The molecule has 5 nitrogen and oxygen atoms in total. The fourth-order valence-electron chi connectivity index (χ4n) is 9.57. The third kappa shape index (κ3) is 4.61. The van der Waals surface area contributed by atoms with Gasteiger partial charge in [-0.3, -0.25) is 4.57 Å². The Labute approximate surface area is 337 Å². The van der Waals surface area contributed by atoms with Gasteiger partial charge in [-0.2, -0.15) is 0 Å². The van der Waals surface area contributed by atoms with E-state index in [1.807, 2.05) is 18.2 Å². The Bertz CT molecular complexity index is 3850. The summed E-state index contributed by atoms with van der Waals surface area (Å²) in [6, 6.07) is 69.0. The summed E-state index contributed by atoms with van der Waals surface area (Å²) in [5.41, 5.74) is 12.4. The summed E-state index contributed by atoms with van der Waals surface area (Å²) >= 11 is 0. The molecule has 0 spiro atoms. The molecule has 13 aromatic rings. The first-order valence-electron chi connectivity index (χ1n) is 20.0. The highest BCUT2D eigenvalue weighted by atomic mass is 16.3. The van der Waals surface area contributed by atoms with Crippen molar-refractivity contribution < 1.29 is 4.42 Å². The maximum absolute atomic E-state index is 6.55. The highest BCUT2D eigenvalue weighted by Crippen LogP contribution is 2.44. The van der Waals surface area contributed by atoms with Crippen molar-refractivity contribution in [1.29, 1.82) is 0 Å². The van der Waals surface area contributed by atoms with Crippen molar-refractivity contribution in [3.8, 4) is 34.0 Å². The molecule has 0 fully saturated rings. The Morgan fingerprint density at radius 3 is 1.83 bits per heavy atom. The van der Waals surface area contributed by atoms with Crippen LogP contribution in [-0.4, -0.2) is 19.1 Å². The van der Waals surface area contributed by atoms with Gasteiger partial charge in [0.2, 0.25) is 5.95 Å². The van der Waals surface area contributed by atoms with E-state index in [9.17, 15) is 0 Å². The van der Waals surface area contributed by atoms with Crippen LogP contribution in [0.4, 0.5) is 0 Å². The van der Waals surface area contributed by atoms with Gasteiger partial charge in [-0.05, 0) is 77.2 Å². The summed E-state index contributed by atoms with van der Waals surface area (Å²) in [6.07, 6.45) is 0. The Balaban J connectivity index is 1.06. The van der Waals surface area contributed by atoms with Crippen molar-refractivity contribution in [2.24, 2.45) is 0 Å². The average Bonchev–Trinajstić information content (AvgIpc) is 3.96. The zero-order valence-electron chi connectivity index (χ0n) is 31.7. The topological polar surface area (TPSA) is 48.8 Å². The maximum Gasteiger partial charge on any atom is 0.235 e. The van der Waals surface area contributed by atoms with E-state index in [2.05, 4.69) is 185 Å². The normalized spacial score (nSPS) is 12.1. The van der Waals surface area contributed by atoms with E-state index < -0.39 is 0 Å². The van der Waals surface area contributed by atoms with Crippen LogP contribution in [0, 0.1) is 0 Å². The van der Waals surface area contributed by atoms with Crippen molar-refractivity contribution >= 4 is 87.2 Å². The summed E-state index contributed by atoms with van der Waals surface area (Å²) in [7, 11) is 0.